The molecule has 1 nitrogen and oxygen atoms in total. The van der Waals surface area contributed by atoms with Crippen LogP contribution < -0.4 is 5.32 Å². The van der Waals surface area contributed by atoms with Crippen molar-refractivity contribution in [2.24, 2.45) is 0 Å². The first-order valence-electron chi connectivity index (χ1n) is 7.27. The molecule has 1 unspecified atom stereocenters. The molecule has 0 radical (unpaired) electrons. The van der Waals surface area contributed by atoms with Crippen molar-refractivity contribution >= 4 is 31.9 Å². The zero-order chi connectivity index (χ0) is 15.4. The SMILES string of the molecule is CCCNC(c1cc(Br)cc(Br)c1)c1ccc(C)c(C)c1. The topological polar surface area (TPSA) is 12.0 Å². The van der Waals surface area contributed by atoms with E-state index in [9.17, 15) is 0 Å². The smallest absolute Gasteiger partial charge is 0.0577 e. The summed E-state index contributed by atoms with van der Waals surface area (Å²) >= 11 is 7.18. The Morgan fingerprint density at radius 2 is 1.57 bits per heavy atom. The Morgan fingerprint density at radius 3 is 2.14 bits per heavy atom. The van der Waals surface area contributed by atoms with Crippen LogP contribution in [0.5, 0.6) is 0 Å². The number of aryl methyl sites for hydroxylation is 2. The lowest BCUT2D eigenvalue weighted by molar-refractivity contribution is 0.598. The Hall–Kier alpha value is -0.640. The summed E-state index contributed by atoms with van der Waals surface area (Å²) in [7, 11) is 0. The second-order valence-electron chi connectivity index (χ2n) is 5.43. The molecule has 21 heavy (non-hydrogen) atoms. The third kappa shape index (κ3) is 4.41. The second kappa shape index (κ2) is 7.57. The van der Waals surface area contributed by atoms with Crippen molar-refractivity contribution in [1.82, 2.24) is 5.32 Å². The van der Waals surface area contributed by atoms with Gasteiger partial charge in [0.1, 0.15) is 0 Å². The van der Waals surface area contributed by atoms with Gasteiger partial charge in [0, 0.05) is 8.95 Å². The molecule has 3 heteroatoms. The quantitative estimate of drug-likeness (QED) is 0.645. The molecular weight excluding hydrogens is 390 g/mol. The van der Waals surface area contributed by atoms with Gasteiger partial charge in [-0.1, -0.05) is 57.0 Å². The van der Waals surface area contributed by atoms with Crippen molar-refractivity contribution in [2.45, 2.75) is 33.2 Å². The van der Waals surface area contributed by atoms with Crippen LogP contribution in [-0.2, 0) is 0 Å². The van der Waals surface area contributed by atoms with Gasteiger partial charge in [0.25, 0.3) is 0 Å². The predicted molar refractivity (Wildman–Crippen MR) is 97.9 cm³/mol. The molecule has 112 valence electrons. The van der Waals surface area contributed by atoms with E-state index in [1.165, 1.54) is 22.3 Å². The Bertz CT molecular complexity index is 602. The number of hydrogen-bond acceptors (Lipinski definition) is 1. The van der Waals surface area contributed by atoms with Crippen LogP contribution in [0.3, 0.4) is 0 Å². The second-order valence-corrected chi connectivity index (χ2v) is 7.26. The molecule has 2 rings (SSSR count). The predicted octanol–water partition coefficient (Wildman–Crippen LogP) is 5.92. The Morgan fingerprint density at radius 1 is 0.905 bits per heavy atom. The summed E-state index contributed by atoms with van der Waals surface area (Å²) in [6.07, 6.45) is 1.12. The maximum atomic E-state index is 3.66. The van der Waals surface area contributed by atoms with Gasteiger partial charge < -0.3 is 5.32 Å². The number of hydrogen-bond donors (Lipinski definition) is 1. The van der Waals surface area contributed by atoms with Gasteiger partial charge >= 0.3 is 0 Å². The average Bonchev–Trinajstić information content (AvgIpc) is 2.42. The van der Waals surface area contributed by atoms with Crippen molar-refractivity contribution in [1.29, 1.82) is 0 Å². The normalized spacial score (nSPS) is 12.4. The first kappa shape index (κ1) is 16.7. The number of rotatable bonds is 5. The van der Waals surface area contributed by atoms with E-state index in [0.717, 1.165) is 21.9 Å². The lowest BCUT2D eigenvalue weighted by Gasteiger charge is -2.21. The molecule has 2 aromatic rings. The zero-order valence-corrected chi connectivity index (χ0v) is 15.9. The van der Waals surface area contributed by atoms with E-state index in [4.69, 9.17) is 0 Å². The number of benzene rings is 2. The number of halogens is 2. The summed E-state index contributed by atoms with van der Waals surface area (Å²) in [5.74, 6) is 0. The fourth-order valence-electron chi connectivity index (χ4n) is 2.40. The van der Waals surface area contributed by atoms with Gasteiger partial charge in [0.15, 0.2) is 0 Å². The van der Waals surface area contributed by atoms with Crippen LogP contribution in [0.2, 0.25) is 0 Å². The summed E-state index contributed by atoms with van der Waals surface area (Å²) in [6, 6.07) is 13.4. The van der Waals surface area contributed by atoms with Crippen molar-refractivity contribution in [3.8, 4) is 0 Å². The molecule has 0 aliphatic heterocycles. The van der Waals surface area contributed by atoms with Gasteiger partial charge in [-0.2, -0.15) is 0 Å². The van der Waals surface area contributed by atoms with Crippen LogP contribution in [0, 0.1) is 13.8 Å². The molecule has 0 aliphatic rings. The summed E-state index contributed by atoms with van der Waals surface area (Å²) in [6.45, 7) is 7.53. The van der Waals surface area contributed by atoms with Crippen LogP contribution in [0.25, 0.3) is 0 Å². The molecule has 0 fully saturated rings. The van der Waals surface area contributed by atoms with E-state index in [0.29, 0.717) is 0 Å². The summed E-state index contributed by atoms with van der Waals surface area (Å²) in [4.78, 5) is 0. The molecule has 1 N–H and O–H groups in total. The molecule has 0 aliphatic carbocycles. The standard InChI is InChI=1S/C18H21Br2N/c1-4-7-21-18(14-6-5-12(2)13(3)8-14)15-9-16(19)11-17(20)10-15/h5-6,8-11,18,21H,4,7H2,1-3H3. The Kier molecular flexibility index (Phi) is 6.03. The fraction of sp³-hybridized carbons (Fsp3) is 0.333. The molecule has 0 aromatic heterocycles. The van der Waals surface area contributed by atoms with Crippen LogP contribution in [0.15, 0.2) is 45.3 Å². The van der Waals surface area contributed by atoms with Gasteiger partial charge in [0.05, 0.1) is 6.04 Å². The molecule has 2 aromatic carbocycles. The maximum Gasteiger partial charge on any atom is 0.0577 e. The monoisotopic (exact) mass is 409 g/mol. The molecule has 1 atom stereocenters. The van der Waals surface area contributed by atoms with E-state index in [-0.39, 0.29) is 6.04 Å². The Labute approximate surface area is 144 Å². The van der Waals surface area contributed by atoms with Crippen molar-refractivity contribution < 1.29 is 0 Å². The van der Waals surface area contributed by atoms with Gasteiger partial charge in [0.2, 0.25) is 0 Å². The van der Waals surface area contributed by atoms with E-state index in [1.807, 2.05) is 0 Å². The summed E-state index contributed by atoms with van der Waals surface area (Å²) < 4.78 is 2.19. The Balaban J connectivity index is 2.43. The third-order valence-electron chi connectivity index (χ3n) is 3.68. The first-order chi connectivity index (χ1) is 10.0. The minimum absolute atomic E-state index is 0.220. The minimum atomic E-state index is 0.220. The van der Waals surface area contributed by atoms with E-state index >= 15 is 0 Å². The maximum absolute atomic E-state index is 3.66. The number of nitrogens with one attached hydrogen (secondary N) is 1. The first-order valence-corrected chi connectivity index (χ1v) is 8.86. The van der Waals surface area contributed by atoms with E-state index < -0.39 is 0 Å². The van der Waals surface area contributed by atoms with Crippen LogP contribution in [0.4, 0.5) is 0 Å². The van der Waals surface area contributed by atoms with Crippen molar-refractivity contribution in [3.05, 3.63) is 67.6 Å². The highest BCUT2D eigenvalue weighted by Gasteiger charge is 2.15. The van der Waals surface area contributed by atoms with Gasteiger partial charge in [-0.05, 0) is 67.3 Å². The molecule has 0 spiro atoms. The largest absolute Gasteiger partial charge is 0.306 e. The molecule has 0 amide bonds. The zero-order valence-electron chi connectivity index (χ0n) is 12.7. The third-order valence-corrected chi connectivity index (χ3v) is 4.60. The molecule has 0 saturated heterocycles. The van der Waals surface area contributed by atoms with E-state index in [1.54, 1.807) is 0 Å². The van der Waals surface area contributed by atoms with Gasteiger partial charge in [-0.15, -0.1) is 0 Å². The fourth-order valence-corrected chi connectivity index (χ4v) is 3.73. The highest BCUT2D eigenvalue weighted by molar-refractivity contribution is 9.11. The van der Waals surface area contributed by atoms with Crippen LogP contribution in [-0.4, -0.2) is 6.54 Å². The lowest BCUT2D eigenvalue weighted by atomic mass is 9.95. The van der Waals surface area contributed by atoms with Crippen molar-refractivity contribution in [2.75, 3.05) is 6.54 Å². The summed E-state index contributed by atoms with van der Waals surface area (Å²) in [5, 5.41) is 3.66. The minimum Gasteiger partial charge on any atom is -0.306 e. The average molecular weight is 411 g/mol. The highest BCUT2D eigenvalue weighted by atomic mass is 79.9. The summed E-state index contributed by atoms with van der Waals surface area (Å²) in [5.41, 5.74) is 5.26. The highest BCUT2D eigenvalue weighted by Crippen LogP contribution is 2.29. The van der Waals surface area contributed by atoms with Crippen LogP contribution >= 0.6 is 31.9 Å². The van der Waals surface area contributed by atoms with Gasteiger partial charge in [-0.3, -0.25) is 0 Å². The van der Waals surface area contributed by atoms with Crippen LogP contribution in [0.1, 0.15) is 41.6 Å². The molecule has 0 saturated carbocycles. The van der Waals surface area contributed by atoms with E-state index in [2.05, 4.69) is 94.3 Å². The molecular formula is C18H21Br2N. The van der Waals surface area contributed by atoms with Crippen molar-refractivity contribution in [3.63, 3.8) is 0 Å². The molecule has 0 heterocycles. The molecule has 0 bridgehead atoms. The van der Waals surface area contributed by atoms with Gasteiger partial charge in [-0.25, -0.2) is 0 Å². The lowest BCUT2D eigenvalue weighted by Crippen LogP contribution is -2.23.